The number of likely N-dealkylation sites (N-methyl/N-ethyl adjacent to an activating group) is 1. The minimum absolute atomic E-state index is 0.0625. The predicted molar refractivity (Wildman–Crippen MR) is 77.2 cm³/mol. The summed E-state index contributed by atoms with van der Waals surface area (Å²) in [6.07, 6.45) is 2.68. The fourth-order valence-corrected chi connectivity index (χ4v) is 3.42. The van der Waals surface area contributed by atoms with Crippen molar-refractivity contribution in [1.82, 2.24) is 15.1 Å². The molecular weight excluding hydrogens is 262 g/mol. The van der Waals surface area contributed by atoms with Gasteiger partial charge in [-0.2, -0.15) is 11.8 Å². The number of nitrogens with one attached hydrogen (secondary N) is 1. The second-order valence-corrected chi connectivity index (χ2v) is 6.42. The number of carbonyl (C=O) groups excluding carboxylic acids is 2. The van der Waals surface area contributed by atoms with Gasteiger partial charge in [0.2, 0.25) is 11.8 Å². The van der Waals surface area contributed by atoms with Crippen LogP contribution in [0.1, 0.15) is 19.3 Å². The van der Waals surface area contributed by atoms with Crippen molar-refractivity contribution >= 4 is 23.6 Å². The summed E-state index contributed by atoms with van der Waals surface area (Å²) >= 11 is 1.88. The van der Waals surface area contributed by atoms with Crippen LogP contribution in [0.3, 0.4) is 0 Å². The number of amides is 2. The van der Waals surface area contributed by atoms with Gasteiger partial charge in [0, 0.05) is 50.7 Å². The lowest BCUT2D eigenvalue weighted by Gasteiger charge is -2.26. The Kier molecular flexibility index (Phi) is 5.51. The van der Waals surface area contributed by atoms with E-state index in [0.29, 0.717) is 6.42 Å². The van der Waals surface area contributed by atoms with Crippen LogP contribution in [0.15, 0.2) is 0 Å². The van der Waals surface area contributed by atoms with Gasteiger partial charge >= 0.3 is 0 Å². The molecule has 0 spiro atoms. The zero-order valence-corrected chi connectivity index (χ0v) is 12.4. The molecule has 2 aliphatic heterocycles. The van der Waals surface area contributed by atoms with Gasteiger partial charge in [-0.3, -0.25) is 9.59 Å². The first-order chi connectivity index (χ1) is 9.16. The molecule has 5 nitrogen and oxygen atoms in total. The van der Waals surface area contributed by atoms with Crippen LogP contribution in [-0.2, 0) is 9.59 Å². The van der Waals surface area contributed by atoms with Crippen molar-refractivity contribution in [3.05, 3.63) is 0 Å². The Bertz CT molecular complexity index is 326. The zero-order chi connectivity index (χ0) is 13.7. The van der Waals surface area contributed by atoms with Crippen LogP contribution in [0.25, 0.3) is 0 Å². The largest absolute Gasteiger partial charge is 0.341 e. The third-order valence-electron chi connectivity index (χ3n) is 3.68. The van der Waals surface area contributed by atoms with Crippen LogP contribution >= 0.6 is 11.8 Å². The normalized spacial score (nSPS) is 23.4. The van der Waals surface area contributed by atoms with Crippen LogP contribution in [0.5, 0.6) is 0 Å². The molecule has 0 radical (unpaired) electrons. The van der Waals surface area contributed by atoms with Gasteiger partial charge in [0.1, 0.15) is 0 Å². The van der Waals surface area contributed by atoms with Crippen molar-refractivity contribution in [2.75, 3.05) is 44.7 Å². The molecule has 2 saturated heterocycles. The van der Waals surface area contributed by atoms with Crippen LogP contribution in [0.4, 0.5) is 0 Å². The SMILES string of the molecule is CN(CC(=O)N1CCCC1)C(=O)CC1CSCCN1. The molecule has 0 aromatic rings. The first-order valence-electron chi connectivity index (χ1n) is 6.99. The molecule has 0 aromatic heterocycles. The Hall–Kier alpha value is -0.750. The van der Waals surface area contributed by atoms with Gasteiger partial charge in [-0.05, 0) is 12.8 Å². The van der Waals surface area contributed by atoms with Crippen molar-refractivity contribution in [3.8, 4) is 0 Å². The molecule has 1 atom stereocenters. The molecule has 6 heteroatoms. The summed E-state index contributed by atoms with van der Waals surface area (Å²) in [4.78, 5) is 27.5. The number of carbonyl (C=O) groups is 2. The van der Waals surface area contributed by atoms with Gasteiger partial charge in [-0.25, -0.2) is 0 Å². The summed E-state index contributed by atoms with van der Waals surface area (Å²) in [6, 6.07) is 0.260. The highest BCUT2D eigenvalue weighted by atomic mass is 32.2. The molecule has 1 N–H and O–H groups in total. The predicted octanol–water partition coefficient (Wildman–Crippen LogP) is 0.162. The van der Waals surface area contributed by atoms with Crippen molar-refractivity contribution in [2.45, 2.75) is 25.3 Å². The molecule has 0 bridgehead atoms. The van der Waals surface area contributed by atoms with Crippen LogP contribution in [-0.4, -0.2) is 72.4 Å². The lowest BCUT2D eigenvalue weighted by molar-refractivity contribution is -0.139. The molecular formula is C13H23N3O2S. The van der Waals surface area contributed by atoms with Gasteiger partial charge in [-0.1, -0.05) is 0 Å². The molecule has 0 aliphatic carbocycles. The van der Waals surface area contributed by atoms with E-state index in [0.717, 1.165) is 44.0 Å². The van der Waals surface area contributed by atoms with Crippen molar-refractivity contribution in [1.29, 1.82) is 0 Å². The Labute approximate surface area is 119 Å². The van der Waals surface area contributed by atoms with Gasteiger partial charge in [0.05, 0.1) is 6.54 Å². The summed E-state index contributed by atoms with van der Waals surface area (Å²) in [6.45, 7) is 2.89. The molecule has 2 heterocycles. The number of hydrogen-bond donors (Lipinski definition) is 1. The van der Waals surface area contributed by atoms with Gasteiger partial charge in [0.15, 0.2) is 0 Å². The molecule has 2 aliphatic rings. The van der Waals surface area contributed by atoms with E-state index >= 15 is 0 Å². The monoisotopic (exact) mass is 285 g/mol. The second-order valence-electron chi connectivity index (χ2n) is 5.27. The molecule has 0 aromatic carbocycles. The smallest absolute Gasteiger partial charge is 0.242 e. The molecule has 2 fully saturated rings. The Morgan fingerprint density at radius 2 is 2.11 bits per heavy atom. The first kappa shape index (κ1) is 14.7. The Morgan fingerprint density at radius 1 is 1.37 bits per heavy atom. The minimum Gasteiger partial charge on any atom is -0.341 e. The Balaban J connectivity index is 1.73. The van der Waals surface area contributed by atoms with Crippen molar-refractivity contribution in [3.63, 3.8) is 0 Å². The fraction of sp³-hybridized carbons (Fsp3) is 0.846. The van der Waals surface area contributed by atoms with E-state index in [1.807, 2.05) is 16.7 Å². The van der Waals surface area contributed by atoms with Crippen molar-refractivity contribution < 1.29 is 9.59 Å². The summed E-state index contributed by atoms with van der Waals surface area (Å²) in [5.41, 5.74) is 0. The molecule has 19 heavy (non-hydrogen) atoms. The van der Waals surface area contributed by atoms with Crippen LogP contribution in [0, 0.1) is 0 Å². The van der Waals surface area contributed by atoms with E-state index in [4.69, 9.17) is 0 Å². The fourth-order valence-electron chi connectivity index (χ4n) is 2.48. The third-order valence-corrected chi connectivity index (χ3v) is 4.81. The maximum absolute atomic E-state index is 12.1. The lowest BCUT2D eigenvalue weighted by Crippen LogP contribution is -2.44. The first-order valence-corrected chi connectivity index (χ1v) is 8.15. The van der Waals surface area contributed by atoms with E-state index in [1.165, 1.54) is 0 Å². The van der Waals surface area contributed by atoms with Crippen LogP contribution < -0.4 is 5.32 Å². The molecule has 0 saturated carbocycles. The number of thioether (sulfide) groups is 1. The number of nitrogens with zero attached hydrogens (tertiary/aromatic N) is 2. The maximum Gasteiger partial charge on any atom is 0.242 e. The minimum atomic E-state index is 0.0625. The van der Waals surface area contributed by atoms with Crippen LogP contribution in [0.2, 0.25) is 0 Å². The van der Waals surface area contributed by atoms with Gasteiger partial charge < -0.3 is 15.1 Å². The second kappa shape index (κ2) is 7.14. The van der Waals surface area contributed by atoms with Crippen molar-refractivity contribution in [2.24, 2.45) is 0 Å². The average Bonchev–Trinajstić information content (AvgIpc) is 2.93. The molecule has 1 unspecified atom stereocenters. The van der Waals surface area contributed by atoms with E-state index in [2.05, 4.69) is 5.32 Å². The quantitative estimate of drug-likeness (QED) is 0.799. The van der Waals surface area contributed by atoms with E-state index in [9.17, 15) is 9.59 Å². The summed E-state index contributed by atoms with van der Waals surface area (Å²) in [5, 5.41) is 3.35. The summed E-state index contributed by atoms with van der Waals surface area (Å²) < 4.78 is 0. The average molecular weight is 285 g/mol. The van der Waals surface area contributed by atoms with E-state index < -0.39 is 0 Å². The Morgan fingerprint density at radius 3 is 2.74 bits per heavy atom. The van der Waals surface area contributed by atoms with Gasteiger partial charge in [0.25, 0.3) is 0 Å². The highest BCUT2D eigenvalue weighted by molar-refractivity contribution is 7.99. The highest BCUT2D eigenvalue weighted by Crippen LogP contribution is 2.12. The molecule has 2 rings (SSSR count). The summed E-state index contributed by atoms with van der Waals surface area (Å²) in [5.74, 6) is 2.25. The van der Waals surface area contributed by atoms with E-state index in [1.54, 1.807) is 11.9 Å². The molecule has 108 valence electrons. The zero-order valence-electron chi connectivity index (χ0n) is 11.6. The number of rotatable bonds is 4. The summed E-state index contributed by atoms with van der Waals surface area (Å²) in [7, 11) is 1.73. The molecule has 2 amide bonds. The topological polar surface area (TPSA) is 52.7 Å². The number of hydrogen-bond acceptors (Lipinski definition) is 4. The third kappa shape index (κ3) is 4.38. The lowest BCUT2D eigenvalue weighted by atomic mass is 10.2. The number of likely N-dealkylation sites (tertiary alicyclic amines) is 1. The van der Waals surface area contributed by atoms with Gasteiger partial charge in [-0.15, -0.1) is 0 Å². The maximum atomic E-state index is 12.1. The highest BCUT2D eigenvalue weighted by Gasteiger charge is 2.23. The van der Waals surface area contributed by atoms with E-state index in [-0.39, 0.29) is 24.4 Å². The standard InChI is InChI=1S/C13H23N3O2S/c1-15(9-13(18)16-5-2-3-6-16)12(17)8-11-10-19-7-4-14-11/h11,14H,2-10H2,1H3.